The van der Waals surface area contributed by atoms with Gasteiger partial charge in [-0.2, -0.15) is 0 Å². The van der Waals surface area contributed by atoms with E-state index in [1.807, 2.05) is 0 Å². The summed E-state index contributed by atoms with van der Waals surface area (Å²) in [5.41, 5.74) is -0.227. The van der Waals surface area contributed by atoms with Crippen LogP contribution in [-0.2, 0) is 16.1 Å². The maximum Gasteiger partial charge on any atom is 0.266 e. The van der Waals surface area contributed by atoms with Crippen molar-refractivity contribution in [1.82, 2.24) is 4.57 Å². The van der Waals surface area contributed by atoms with Gasteiger partial charge in [0.1, 0.15) is 4.90 Å². The van der Waals surface area contributed by atoms with Crippen LogP contribution in [0, 0.1) is 0 Å². The fourth-order valence-electron chi connectivity index (χ4n) is 1.62. The van der Waals surface area contributed by atoms with Crippen molar-refractivity contribution in [3.8, 4) is 0 Å². The molecule has 0 saturated carbocycles. The third kappa shape index (κ3) is 2.23. The van der Waals surface area contributed by atoms with E-state index in [9.17, 15) is 13.2 Å². The van der Waals surface area contributed by atoms with E-state index in [1.165, 1.54) is 16.7 Å². The summed E-state index contributed by atoms with van der Waals surface area (Å²) in [5, 5.41) is 0.597. The molecule has 0 saturated heterocycles. The summed E-state index contributed by atoms with van der Waals surface area (Å²) in [6, 6.07) is 2.82. The van der Waals surface area contributed by atoms with Gasteiger partial charge in [-0.25, -0.2) is 8.42 Å². The third-order valence-corrected chi connectivity index (χ3v) is 4.50. The van der Waals surface area contributed by atoms with E-state index >= 15 is 0 Å². The fourth-order valence-corrected chi connectivity index (χ4v) is 2.89. The van der Waals surface area contributed by atoms with E-state index < -0.39 is 19.4 Å². The Balaban J connectivity index is 3.05. The summed E-state index contributed by atoms with van der Waals surface area (Å²) in [5.74, 6) is 0. The summed E-state index contributed by atoms with van der Waals surface area (Å²) >= 11 is 11.7. The molecule has 1 aromatic heterocycles. The molecule has 0 bridgehead atoms. The lowest BCUT2D eigenvalue weighted by Crippen LogP contribution is -2.15. The molecule has 0 spiro atoms. The summed E-state index contributed by atoms with van der Waals surface area (Å²) < 4.78 is 24.0. The number of hydrogen-bond donors (Lipinski definition) is 0. The van der Waals surface area contributed by atoms with Crippen molar-refractivity contribution in [2.24, 2.45) is 7.05 Å². The molecule has 8 heteroatoms. The first-order valence-electron chi connectivity index (χ1n) is 4.65. The standard InChI is InChI=1S/C10H6Cl3NO3S/c1-14-4-9(18(13,16)17)10(15)5-2-6(11)7(12)3-8(5)14/h2-4H,1H3. The Bertz CT molecular complexity index is 811. The van der Waals surface area contributed by atoms with Crippen LogP contribution < -0.4 is 5.43 Å². The van der Waals surface area contributed by atoms with Gasteiger partial charge in [0.25, 0.3) is 9.05 Å². The fraction of sp³-hybridized carbons (Fsp3) is 0.100. The summed E-state index contributed by atoms with van der Waals surface area (Å²) in [6.07, 6.45) is 1.15. The number of halogens is 3. The zero-order chi connectivity index (χ0) is 13.7. The highest BCUT2D eigenvalue weighted by Gasteiger charge is 2.19. The van der Waals surface area contributed by atoms with Gasteiger partial charge in [-0.05, 0) is 12.1 Å². The van der Waals surface area contributed by atoms with E-state index in [0.717, 1.165) is 6.20 Å². The highest BCUT2D eigenvalue weighted by molar-refractivity contribution is 8.13. The minimum Gasteiger partial charge on any atom is -0.349 e. The zero-order valence-electron chi connectivity index (χ0n) is 8.95. The molecule has 0 amide bonds. The Morgan fingerprint density at radius 3 is 2.28 bits per heavy atom. The van der Waals surface area contributed by atoms with Gasteiger partial charge >= 0.3 is 0 Å². The van der Waals surface area contributed by atoms with Crippen LogP contribution in [0.2, 0.25) is 10.0 Å². The van der Waals surface area contributed by atoms with Crippen molar-refractivity contribution in [3.63, 3.8) is 0 Å². The van der Waals surface area contributed by atoms with Gasteiger partial charge in [-0.3, -0.25) is 4.79 Å². The van der Waals surface area contributed by atoms with Crippen LogP contribution in [0.1, 0.15) is 0 Å². The highest BCUT2D eigenvalue weighted by atomic mass is 35.7. The lowest BCUT2D eigenvalue weighted by atomic mass is 10.2. The normalized spacial score (nSPS) is 12.0. The molecular formula is C10H6Cl3NO3S. The predicted molar refractivity (Wildman–Crippen MR) is 72.2 cm³/mol. The molecule has 4 nitrogen and oxygen atoms in total. The molecule has 0 aliphatic rings. The van der Waals surface area contributed by atoms with Crippen molar-refractivity contribution in [2.45, 2.75) is 4.90 Å². The Morgan fingerprint density at radius 2 is 1.72 bits per heavy atom. The second kappa shape index (κ2) is 4.42. The van der Waals surface area contributed by atoms with Crippen LogP contribution in [0.3, 0.4) is 0 Å². The molecule has 18 heavy (non-hydrogen) atoms. The van der Waals surface area contributed by atoms with Crippen LogP contribution in [0.25, 0.3) is 10.9 Å². The van der Waals surface area contributed by atoms with E-state index in [0.29, 0.717) is 5.52 Å². The largest absolute Gasteiger partial charge is 0.349 e. The molecule has 0 aliphatic carbocycles. The molecule has 0 atom stereocenters. The van der Waals surface area contributed by atoms with Crippen LogP contribution in [0.15, 0.2) is 28.0 Å². The third-order valence-electron chi connectivity index (χ3n) is 2.46. The Labute approximate surface area is 117 Å². The van der Waals surface area contributed by atoms with Crippen LogP contribution in [-0.4, -0.2) is 13.0 Å². The number of benzene rings is 1. The average molecular weight is 327 g/mol. The van der Waals surface area contributed by atoms with Crippen molar-refractivity contribution < 1.29 is 8.42 Å². The molecule has 0 fully saturated rings. The second-order valence-electron chi connectivity index (χ2n) is 3.65. The molecule has 0 aliphatic heterocycles. The summed E-state index contributed by atoms with van der Waals surface area (Å²) in [4.78, 5) is 11.5. The van der Waals surface area contributed by atoms with Gasteiger partial charge in [0, 0.05) is 29.3 Å². The first-order chi connectivity index (χ1) is 8.21. The average Bonchev–Trinajstić information content (AvgIpc) is 2.24. The van der Waals surface area contributed by atoms with Crippen LogP contribution in [0.4, 0.5) is 0 Å². The molecule has 2 rings (SSSR count). The van der Waals surface area contributed by atoms with Crippen molar-refractivity contribution in [3.05, 3.63) is 38.6 Å². The van der Waals surface area contributed by atoms with E-state index in [4.69, 9.17) is 33.9 Å². The van der Waals surface area contributed by atoms with Gasteiger partial charge in [-0.1, -0.05) is 23.2 Å². The first-order valence-corrected chi connectivity index (χ1v) is 7.71. The lowest BCUT2D eigenvalue weighted by Gasteiger charge is -2.08. The van der Waals surface area contributed by atoms with Crippen molar-refractivity contribution in [2.75, 3.05) is 0 Å². The quantitative estimate of drug-likeness (QED) is 0.757. The Hall–Kier alpha value is -0.750. The van der Waals surface area contributed by atoms with Crippen molar-refractivity contribution in [1.29, 1.82) is 0 Å². The predicted octanol–water partition coefficient (Wildman–Crippen LogP) is 2.77. The number of nitrogens with zero attached hydrogens (tertiary/aromatic N) is 1. The van der Waals surface area contributed by atoms with E-state index in [1.54, 1.807) is 7.05 Å². The SMILES string of the molecule is Cn1cc(S(=O)(=O)Cl)c(=O)c2cc(Cl)c(Cl)cc21. The number of rotatable bonds is 1. The zero-order valence-corrected chi connectivity index (χ0v) is 12.0. The molecule has 0 radical (unpaired) electrons. The maximum absolute atomic E-state index is 12.0. The molecule has 1 heterocycles. The summed E-state index contributed by atoms with van der Waals surface area (Å²) in [6.45, 7) is 0. The Morgan fingerprint density at radius 1 is 1.17 bits per heavy atom. The number of pyridine rings is 1. The van der Waals surface area contributed by atoms with Crippen LogP contribution >= 0.6 is 33.9 Å². The van der Waals surface area contributed by atoms with Crippen LogP contribution in [0.5, 0.6) is 0 Å². The van der Waals surface area contributed by atoms with Gasteiger partial charge < -0.3 is 4.57 Å². The molecule has 0 unspecified atom stereocenters. The Kier molecular flexibility index (Phi) is 3.36. The number of aryl methyl sites for hydroxylation is 1. The first kappa shape index (κ1) is 13.7. The van der Waals surface area contributed by atoms with Crippen molar-refractivity contribution >= 4 is 53.8 Å². The molecular weight excluding hydrogens is 321 g/mol. The van der Waals surface area contributed by atoms with E-state index in [-0.39, 0.29) is 15.4 Å². The highest BCUT2D eigenvalue weighted by Crippen LogP contribution is 2.27. The maximum atomic E-state index is 12.0. The minimum absolute atomic E-state index is 0.147. The van der Waals surface area contributed by atoms with Gasteiger partial charge in [0.15, 0.2) is 0 Å². The van der Waals surface area contributed by atoms with E-state index in [2.05, 4.69) is 0 Å². The smallest absolute Gasteiger partial charge is 0.266 e. The molecule has 0 N–H and O–H groups in total. The topological polar surface area (TPSA) is 56.1 Å². The molecule has 96 valence electrons. The minimum atomic E-state index is -4.11. The van der Waals surface area contributed by atoms with Gasteiger partial charge in [0.2, 0.25) is 5.43 Å². The van der Waals surface area contributed by atoms with Gasteiger partial charge in [-0.15, -0.1) is 0 Å². The lowest BCUT2D eigenvalue weighted by molar-refractivity contribution is 0.608. The second-order valence-corrected chi connectivity index (χ2v) is 7.00. The molecule has 1 aromatic carbocycles. The number of fused-ring (bicyclic) bond motifs is 1. The summed E-state index contributed by atoms with van der Waals surface area (Å²) in [7, 11) is 2.68. The number of aromatic nitrogens is 1. The number of hydrogen-bond acceptors (Lipinski definition) is 3. The monoisotopic (exact) mass is 325 g/mol. The molecule has 2 aromatic rings. The van der Waals surface area contributed by atoms with Gasteiger partial charge in [0.05, 0.1) is 15.6 Å².